The van der Waals surface area contributed by atoms with E-state index in [1.54, 1.807) is 6.92 Å². The highest BCUT2D eigenvalue weighted by Crippen LogP contribution is 2.43. The first-order valence-electron chi connectivity index (χ1n) is 5.98. The van der Waals surface area contributed by atoms with Crippen LogP contribution < -0.4 is 4.74 Å². The molecule has 5 nitrogen and oxygen atoms in total. The second-order valence-electron chi connectivity index (χ2n) is 4.27. The van der Waals surface area contributed by atoms with Crippen LogP contribution in [0.25, 0.3) is 0 Å². The number of carbonyl (C=O) groups is 2. The molecule has 1 saturated carbocycles. The second kappa shape index (κ2) is 5.57. The van der Waals surface area contributed by atoms with Crippen LogP contribution in [0, 0.1) is 11.8 Å². The fraction of sp³-hybridized carbons (Fsp3) is 0.462. The first kappa shape index (κ1) is 13.8. The van der Waals surface area contributed by atoms with E-state index >= 15 is 0 Å². The van der Waals surface area contributed by atoms with Gasteiger partial charge >= 0.3 is 5.97 Å². The number of ketones is 1. The Morgan fingerprint density at radius 2 is 2.21 bits per heavy atom. The van der Waals surface area contributed by atoms with E-state index in [1.807, 2.05) is 0 Å². The largest absolute Gasteiger partial charge is 0.496 e. The minimum Gasteiger partial charge on any atom is -0.496 e. The standard InChI is InChI=1S/C13H14ClNO4/c1-3-19-13(17)8-4-7(8)12(16)9-6-15-11(14)5-10(9)18-2/h5-8H,3-4H2,1-2H3. The summed E-state index contributed by atoms with van der Waals surface area (Å²) in [4.78, 5) is 27.6. The molecular weight excluding hydrogens is 270 g/mol. The van der Waals surface area contributed by atoms with Gasteiger partial charge in [-0.25, -0.2) is 4.98 Å². The van der Waals surface area contributed by atoms with Gasteiger partial charge in [-0.3, -0.25) is 9.59 Å². The van der Waals surface area contributed by atoms with Gasteiger partial charge < -0.3 is 9.47 Å². The summed E-state index contributed by atoms with van der Waals surface area (Å²) in [5.74, 6) is -0.774. The van der Waals surface area contributed by atoms with Crippen LogP contribution in [0.4, 0.5) is 0 Å². The first-order valence-corrected chi connectivity index (χ1v) is 6.36. The molecule has 6 heteroatoms. The molecule has 0 saturated heterocycles. The van der Waals surface area contributed by atoms with Crippen molar-refractivity contribution in [3.8, 4) is 5.75 Å². The smallest absolute Gasteiger partial charge is 0.309 e. The molecular formula is C13H14ClNO4. The van der Waals surface area contributed by atoms with Crippen LogP contribution in [0.2, 0.25) is 5.15 Å². The molecule has 1 aliphatic carbocycles. The summed E-state index contributed by atoms with van der Waals surface area (Å²) in [7, 11) is 1.46. The van der Waals surface area contributed by atoms with Crippen LogP contribution >= 0.6 is 11.6 Å². The SMILES string of the molecule is CCOC(=O)C1CC1C(=O)c1cnc(Cl)cc1OC. The zero-order valence-electron chi connectivity index (χ0n) is 10.7. The van der Waals surface area contributed by atoms with Crippen LogP contribution in [0.3, 0.4) is 0 Å². The van der Waals surface area contributed by atoms with Crippen LogP contribution in [-0.4, -0.2) is 30.5 Å². The Morgan fingerprint density at radius 1 is 1.47 bits per heavy atom. The number of halogens is 1. The van der Waals surface area contributed by atoms with Crippen LogP contribution in [0.1, 0.15) is 23.7 Å². The van der Waals surface area contributed by atoms with Crippen molar-refractivity contribution in [3.05, 3.63) is 23.0 Å². The fourth-order valence-corrected chi connectivity index (χ4v) is 2.11. The van der Waals surface area contributed by atoms with Gasteiger partial charge in [0.1, 0.15) is 10.9 Å². The Balaban J connectivity index is 2.12. The molecule has 2 rings (SSSR count). The van der Waals surface area contributed by atoms with Gasteiger partial charge in [0.15, 0.2) is 5.78 Å². The number of methoxy groups -OCH3 is 1. The molecule has 1 aromatic heterocycles. The Kier molecular flexibility index (Phi) is 4.04. The van der Waals surface area contributed by atoms with Gasteiger partial charge in [-0.05, 0) is 13.3 Å². The predicted octanol–water partition coefficient (Wildman–Crippen LogP) is 2.13. The molecule has 0 aliphatic heterocycles. The first-order chi connectivity index (χ1) is 9.08. The third-order valence-electron chi connectivity index (χ3n) is 3.03. The quantitative estimate of drug-likeness (QED) is 0.470. The predicted molar refractivity (Wildman–Crippen MR) is 68.4 cm³/mol. The van der Waals surface area contributed by atoms with E-state index in [0.29, 0.717) is 24.3 Å². The van der Waals surface area contributed by atoms with Crippen molar-refractivity contribution in [2.45, 2.75) is 13.3 Å². The van der Waals surface area contributed by atoms with Crippen molar-refractivity contribution in [3.63, 3.8) is 0 Å². The van der Waals surface area contributed by atoms with Crippen LogP contribution in [0.15, 0.2) is 12.3 Å². The van der Waals surface area contributed by atoms with E-state index in [-0.39, 0.29) is 28.7 Å². The summed E-state index contributed by atoms with van der Waals surface area (Å²) < 4.78 is 10.0. The lowest BCUT2D eigenvalue weighted by molar-refractivity contribution is -0.144. The van der Waals surface area contributed by atoms with Gasteiger partial charge in [0.05, 0.1) is 25.2 Å². The molecule has 19 heavy (non-hydrogen) atoms. The van der Waals surface area contributed by atoms with Gasteiger partial charge in [-0.1, -0.05) is 11.6 Å². The van der Waals surface area contributed by atoms with Crippen molar-refractivity contribution >= 4 is 23.4 Å². The molecule has 2 unspecified atom stereocenters. The second-order valence-corrected chi connectivity index (χ2v) is 4.66. The Labute approximate surface area is 115 Å². The maximum absolute atomic E-state index is 12.2. The highest BCUT2D eigenvalue weighted by atomic mass is 35.5. The minimum atomic E-state index is -0.340. The molecule has 1 aromatic rings. The lowest BCUT2D eigenvalue weighted by Gasteiger charge is -2.07. The molecule has 0 bridgehead atoms. The van der Waals surface area contributed by atoms with E-state index < -0.39 is 0 Å². The number of pyridine rings is 1. The number of rotatable bonds is 5. The molecule has 0 amide bonds. The van der Waals surface area contributed by atoms with E-state index in [1.165, 1.54) is 19.4 Å². The normalized spacial score (nSPS) is 20.8. The van der Waals surface area contributed by atoms with E-state index in [0.717, 1.165) is 0 Å². The number of hydrogen-bond acceptors (Lipinski definition) is 5. The number of Topliss-reactive ketones (excluding diaryl/α,β-unsaturated/α-hetero) is 1. The molecule has 0 N–H and O–H groups in total. The van der Waals surface area contributed by atoms with Gasteiger partial charge in [0.2, 0.25) is 0 Å². The zero-order valence-corrected chi connectivity index (χ0v) is 11.4. The van der Waals surface area contributed by atoms with Crippen molar-refractivity contribution < 1.29 is 19.1 Å². The third-order valence-corrected chi connectivity index (χ3v) is 3.24. The molecule has 0 radical (unpaired) electrons. The maximum Gasteiger partial charge on any atom is 0.309 e. The summed E-state index contributed by atoms with van der Waals surface area (Å²) >= 11 is 5.74. The monoisotopic (exact) mass is 283 g/mol. The summed E-state index contributed by atoms with van der Waals surface area (Å²) in [5.41, 5.74) is 0.351. The van der Waals surface area contributed by atoms with E-state index in [4.69, 9.17) is 21.1 Å². The molecule has 1 aliphatic rings. The number of nitrogens with zero attached hydrogens (tertiary/aromatic N) is 1. The zero-order chi connectivity index (χ0) is 14.0. The fourth-order valence-electron chi connectivity index (χ4n) is 1.96. The number of aromatic nitrogens is 1. The highest BCUT2D eigenvalue weighted by Gasteiger charge is 2.49. The number of ether oxygens (including phenoxy) is 2. The van der Waals surface area contributed by atoms with Gasteiger partial charge in [0.25, 0.3) is 0 Å². The molecule has 2 atom stereocenters. The minimum absolute atomic E-state index is 0.154. The average molecular weight is 284 g/mol. The Bertz CT molecular complexity index is 517. The lowest BCUT2D eigenvalue weighted by atomic mass is 10.1. The average Bonchev–Trinajstić information content (AvgIpc) is 3.18. The number of carbonyl (C=O) groups excluding carboxylic acids is 2. The summed E-state index contributed by atoms with van der Waals surface area (Å²) in [6.07, 6.45) is 1.90. The molecule has 102 valence electrons. The van der Waals surface area contributed by atoms with Crippen LogP contribution in [-0.2, 0) is 9.53 Å². The molecule has 0 aromatic carbocycles. The van der Waals surface area contributed by atoms with Crippen LogP contribution in [0.5, 0.6) is 5.75 Å². The molecule has 1 fully saturated rings. The topological polar surface area (TPSA) is 65.5 Å². The van der Waals surface area contributed by atoms with Crippen molar-refractivity contribution in [1.29, 1.82) is 0 Å². The van der Waals surface area contributed by atoms with Gasteiger partial charge in [-0.2, -0.15) is 0 Å². The van der Waals surface area contributed by atoms with Crippen molar-refractivity contribution in [2.24, 2.45) is 11.8 Å². The highest BCUT2D eigenvalue weighted by molar-refractivity contribution is 6.29. The Morgan fingerprint density at radius 3 is 2.84 bits per heavy atom. The maximum atomic E-state index is 12.2. The summed E-state index contributed by atoms with van der Waals surface area (Å²) in [6.45, 7) is 2.06. The van der Waals surface area contributed by atoms with Gasteiger partial charge in [0, 0.05) is 18.2 Å². The number of hydrogen-bond donors (Lipinski definition) is 0. The summed E-state index contributed by atoms with van der Waals surface area (Å²) in [6, 6.07) is 1.48. The summed E-state index contributed by atoms with van der Waals surface area (Å²) in [5, 5.41) is 0.256. The van der Waals surface area contributed by atoms with Crippen molar-refractivity contribution in [1.82, 2.24) is 4.98 Å². The van der Waals surface area contributed by atoms with Crippen molar-refractivity contribution in [2.75, 3.05) is 13.7 Å². The molecule has 0 spiro atoms. The van der Waals surface area contributed by atoms with E-state index in [2.05, 4.69) is 4.98 Å². The third kappa shape index (κ3) is 2.87. The van der Waals surface area contributed by atoms with E-state index in [9.17, 15) is 9.59 Å². The molecule has 1 heterocycles. The Hall–Kier alpha value is -1.62. The lowest BCUT2D eigenvalue weighted by Crippen LogP contribution is -2.12. The number of esters is 1. The van der Waals surface area contributed by atoms with Gasteiger partial charge in [-0.15, -0.1) is 0 Å².